The minimum atomic E-state index is -0.678. The van der Waals surface area contributed by atoms with Gasteiger partial charge in [-0.1, -0.05) is 12.1 Å². The lowest BCUT2D eigenvalue weighted by molar-refractivity contribution is -0.146. The summed E-state index contributed by atoms with van der Waals surface area (Å²) in [4.78, 5) is 23.2. The number of amides is 1. The third kappa shape index (κ3) is 2.50. The summed E-state index contributed by atoms with van der Waals surface area (Å²) in [6.45, 7) is 1.98. The number of carbonyl (C=O) groups is 2. The summed E-state index contributed by atoms with van der Waals surface area (Å²) in [5.74, 6) is -1.28. The summed E-state index contributed by atoms with van der Waals surface area (Å²) in [5, 5.41) is 2.59. The van der Waals surface area contributed by atoms with Gasteiger partial charge < -0.3 is 10.1 Å². The Hall–Kier alpha value is -1.91. The van der Waals surface area contributed by atoms with E-state index in [0.717, 1.165) is 5.56 Å². The highest BCUT2D eigenvalue weighted by atomic mass is 19.1. The van der Waals surface area contributed by atoms with Crippen molar-refractivity contribution >= 4 is 11.9 Å². The summed E-state index contributed by atoms with van der Waals surface area (Å²) in [6, 6.07) is 5.14. The monoisotopic (exact) mass is 251 g/mol. The lowest BCUT2D eigenvalue weighted by Gasteiger charge is -2.17. The molecule has 96 valence electrons. The molecule has 2 unspecified atom stereocenters. The van der Waals surface area contributed by atoms with Gasteiger partial charge in [0, 0.05) is 12.3 Å². The number of benzene rings is 1. The van der Waals surface area contributed by atoms with Crippen molar-refractivity contribution < 1.29 is 18.7 Å². The zero-order valence-corrected chi connectivity index (χ0v) is 9.98. The summed E-state index contributed by atoms with van der Waals surface area (Å²) in [6.07, 6.45) is 0.217. The fraction of sp³-hybridized carbons (Fsp3) is 0.385. The first-order valence-electron chi connectivity index (χ1n) is 5.83. The van der Waals surface area contributed by atoms with Gasteiger partial charge in [-0.3, -0.25) is 4.79 Å². The van der Waals surface area contributed by atoms with Crippen molar-refractivity contribution in [3.8, 4) is 0 Å². The maximum Gasteiger partial charge on any atom is 0.329 e. The molecule has 4 nitrogen and oxygen atoms in total. The Morgan fingerprint density at radius 3 is 2.72 bits per heavy atom. The van der Waals surface area contributed by atoms with Gasteiger partial charge in [0.25, 0.3) is 0 Å². The van der Waals surface area contributed by atoms with Gasteiger partial charge in [0.05, 0.1) is 6.61 Å². The molecule has 0 spiro atoms. The first-order valence-corrected chi connectivity index (χ1v) is 5.83. The highest BCUT2D eigenvalue weighted by Gasteiger charge is 2.39. The van der Waals surface area contributed by atoms with E-state index in [9.17, 15) is 14.0 Å². The smallest absolute Gasteiger partial charge is 0.329 e. The van der Waals surface area contributed by atoms with Crippen LogP contribution >= 0.6 is 0 Å². The van der Waals surface area contributed by atoms with E-state index in [2.05, 4.69) is 5.32 Å². The Morgan fingerprint density at radius 2 is 2.11 bits per heavy atom. The Bertz CT molecular complexity index is 458. The van der Waals surface area contributed by atoms with E-state index in [1.165, 1.54) is 12.1 Å². The second-order valence-electron chi connectivity index (χ2n) is 4.16. The largest absolute Gasteiger partial charge is 0.464 e. The molecule has 1 heterocycles. The molecule has 18 heavy (non-hydrogen) atoms. The number of halogens is 1. The minimum absolute atomic E-state index is 0.192. The number of carbonyl (C=O) groups excluding carboxylic acids is 2. The van der Waals surface area contributed by atoms with Crippen molar-refractivity contribution in [3.05, 3.63) is 35.6 Å². The summed E-state index contributed by atoms with van der Waals surface area (Å²) in [7, 11) is 0. The summed E-state index contributed by atoms with van der Waals surface area (Å²) < 4.78 is 17.8. The molecule has 1 aliphatic rings. The van der Waals surface area contributed by atoms with Crippen molar-refractivity contribution in [3.63, 3.8) is 0 Å². The highest BCUT2D eigenvalue weighted by molar-refractivity contribution is 5.90. The van der Waals surface area contributed by atoms with Crippen LogP contribution in [0, 0.1) is 5.82 Å². The van der Waals surface area contributed by atoms with E-state index < -0.39 is 12.0 Å². The second kappa shape index (κ2) is 5.16. The Labute approximate surface area is 104 Å². The lowest BCUT2D eigenvalue weighted by Crippen LogP contribution is -2.37. The first kappa shape index (κ1) is 12.5. The van der Waals surface area contributed by atoms with Crippen molar-refractivity contribution in [1.29, 1.82) is 0 Å². The summed E-state index contributed by atoms with van der Waals surface area (Å²) >= 11 is 0. The van der Waals surface area contributed by atoms with E-state index in [1.54, 1.807) is 19.1 Å². The predicted molar refractivity (Wildman–Crippen MR) is 62.3 cm³/mol. The van der Waals surface area contributed by atoms with Crippen LogP contribution in [-0.2, 0) is 14.3 Å². The topological polar surface area (TPSA) is 55.4 Å². The normalized spacial score (nSPS) is 22.7. The van der Waals surface area contributed by atoms with E-state index in [-0.39, 0.29) is 30.7 Å². The first-order chi connectivity index (χ1) is 8.61. The maximum absolute atomic E-state index is 12.9. The molecule has 1 aromatic rings. The van der Waals surface area contributed by atoms with Crippen LogP contribution in [0.4, 0.5) is 4.39 Å². The third-order valence-electron chi connectivity index (χ3n) is 2.96. The van der Waals surface area contributed by atoms with E-state index >= 15 is 0 Å². The van der Waals surface area contributed by atoms with E-state index in [0.29, 0.717) is 0 Å². The molecule has 0 radical (unpaired) electrons. The van der Waals surface area contributed by atoms with Crippen LogP contribution in [0.3, 0.4) is 0 Å². The van der Waals surface area contributed by atoms with Crippen molar-refractivity contribution in [1.82, 2.24) is 5.32 Å². The summed E-state index contributed by atoms with van der Waals surface area (Å²) in [5.41, 5.74) is 0.757. The van der Waals surface area contributed by atoms with Gasteiger partial charge in [0.15, 0.2) is 0 Å². The molecule has 1 saturated heterocycles. The van der Waals surface area contributed by atoms with Crippen LogP contribution in [0.5, 0.6) is 0 Å². The van der Waals surface area contributed by atoms with Crippen molar-refractivity contribution in [2.24, 2.45) is 0 Å². The molecule has 1 aliphatic heterocycles. The van der Waals surface area contributed by atoms with Crippen LogP contribution in [0.15, 0.2) is 24.3 Å². The van der Waals surface area contributed by atoms with Gasteiger partial charge in [-0.25, -0.2) is 9.18 Å². The Kier molecular flexibility index (Phi) is 3.60. The molecule has 0 saturated carbocycles. The SMILES string of the molecule is CCOC(=O)C1NC(=O)CC1c1ccc(F)cc1. The van der Waals surface area contributed by atoms with Gasteiger partial charge >= 0.3 is 5.97 Å². The van der Waals surface area contributed by atoms with Crippen LogP contribution in [0.25, 0.3) is 0 Å². The standard InChI is InChI=1S/C13H14FNO3/c1-2-18-13(17)12-10(7-11(16)15-12)8-3-5-9(14)6-4-8/h3-6,10,12H,2,7H2,1H3,(H,15,16). The van der Waals surface area contributed by atoms with E-state index in [4.69, 9.17) is 4.74 Å². The second-order valence-corrected chi connectivity index (χ2v) is 4.16. The highest BCUT2D eigenvalue weighted by Crippen LogP contribution is 2.29. The number of hydrogen-bond donors (Lipinski definition) is 1. The van der Waals surface area contributed by atoms with Gasteiger partial charge in [0.1, 0.15) is 11.9 Å². The minimum Gasteiger partial charge on any atom is -0.464 e. The molecule has 1 fully saturated rings. The van der Waals surface area contributed by atoms with Crippen LogP contribution in [-0.4, -0.2) is 24.5 Å². The molecule has 2 atom stereocenters. The zero-order valence-electron chi connectivity index (χ0n) is 9.98. The lowest BCUT2D eigenvalue weighted by atomic mass is 9.92. The molecule has 1 amide bonds. The van der Waals surface area contributed by atoms with Crippen LogP contribution < -0.4 is 5.32 Å². The average Bonchev–Trinajstić information content (AvgIpc) is 2.73. The predicted octanol–water partition coefficient (Wildman–Crippen LogP) is 1.36. The quantitative estimate of drug-likeness (QED) is 0.825. The van der Waals surface area contributed by atoms with Crippen molar-refractivity contribution in [2.45, 2.75) is 25.3 Å². The Balaban J connectivity index is 2.21. The van der Waals surface area contributed by atoms with Crippen molar-refractivity contribution in [2.75, 3.05) is 6.61 Å². The molecular formula is C13H14FNO3. The fourth-order valence-corrected chi connectivity index (χ4v) is 2.13. The van der Waals surface area contributed by atoms with Gasteiger partial charge in [0.2, 0.25) is 5.91 Å². The third-order valence-corrected chi connectivity index (χ3v) is 2.96. The number of esters is 1. The number of hydrogen-bond acceptors (Lipinski definition) is 3. The molecule has 0 bridgehead atoms. The molecule has 1 aromatic carbocycles. The number of nitrogens with one attached hydrogen (secondary N) is 1. The van der Waals surface area contributed by atoms with Gasteiger partial charge in [-0.2, -0.15) is 0 Å². The molecule has 1 N–H and O–H groups in total. The van der Waals surface area contributed by atoms with Crippen LogP contribution in [0.1, 0.15) is 24.8 Å². The molecule has 0 aliphatic carbocycles. The van der Waals surface area contributed by atoms with Gasteiger partial charge in [-0.15, -0.1) is 0 Å². The fourth-order valence-electron chi connectivity index (χ4n) is 2.13. The number of ether oxygens (including phenoxy) is 1. The molecule has 0 aromatic heterocycles. The number of rotatable bonds is 3. The van der Waals surface area contributed by atoms with Crippen LogP contribution in [0.2, 0.25) is 0 Å². The molecule has 5 heteroatoms. The molecule has 2 rings (SSSR count). The average molecular weight is 251 g/mol. The zero-order chi connectivity index (χ0) is 13.1. The van der Waals surface area contributed by atoms with Gasteiger partial charge in [-0.05, 0) is 24.6 Å². The Morgan fingerprint density at radius 1 is 1.44 bits per heavy atom. The van der Waals surface area contributed by atoms with E-state index in [1.807, 2.05) is 0 Å². The maximum atomic E-state index is 12.9. The molecular weight excluding hydrogens is 237 g/mol.